The fourth-order valence-corrected chi connectivity index (χ4v) is 7.83. The van der Waals surface area contributed by atoms with Crippen molar-refractivity contribution in [2.45, 2.75) is 74.3 Å². The largest absolute Gasteiger partial charge is 0.391 e. The van der Waals surface area contributed by atoms with Crippen LogP contribution in [-0.4, -0.2) is 167 Å². The van der Waals surface area contributed by atoms with Crippen LogP contribution >= 0.6 is 23.2 Å². The molecule has 4 saturated heterocycles. The Kier molecular flexibility index (Phi) is 24.2. The molecule has 418 valence electrons. The fourth-order valence-electron chi connectivity index (χ4n) is 7.55. The Morgan fingerprint density at radius 2 is 0.961 bits per heavy atom. The Bertz CT molecular complexity index is 2650. The Hall–Kier alpha value is -6.57. The molecule has 4 fully saturated rings. The lowest BCUT2D eigenvalue weighted by atomic mass is 10.0. The quantitative estimate of drug-likeness (QED) is 0.0651. The summed E-state index contributed by atoms with van der Waals surface area (Å²) in [4.78, 5) is 36.0. The lowest BCUT2D eigenvalue weighted by Crippen LogP contribution is -2.51. The second-order valence-electron chi connectivity index (χ2n) is 17.7. The molecule has 8 atom stereocenters. The Labute approximate surface area is 450 Å². The van der Waals surface area contributed by atoms with Crippen LogP contribution in [0, 0.1) is 23.3 Å². The molecule has 30 heteroatoms. The number of halogens is 6. The van der Waals surface area contributed by atoms with Crippen LogP contribution in [0.15, 0.2) is 72.8 Å². The number of anilines is 6. The molecule has 77 heavy (non-hydrogen) atoms. The molecule has 0 saturated carbocycles. The number of nitrogens with zero attached hydrogens (tertiary/aromatic N) is 11. The van der Waals surface area contributed by atoms with Gasteiger partial charge in [-0.05, 0) is 61.2 Å². The molecule has 20 N–H and O–H groups in total. The number of hydrogen-bond acceptors (Lipinski definition) is 24. The summed E-state index contributed by atoms with van der Waals surface area (Å²) in [5.41, 5.74) is 38.7. The molecule has 4 aliphatic heterocycles. The zero-order valence-electron chi connectivity index (χ0n) is 41.5. The van der Waals surface area contributed by atoms with E-state index in [1.165, 1.54) is 23.4 Å². The molecule has 24 nitrogen and oxygen atoms in total. The zero-order chi connectivity index (χ0) is 56.2. The summed E-state index contributed by atoms with van der Waals surface area (Å²) in [5.74, 6) is -3.31. The first kappa shape index (κ1) is 61.3. The summed E-state index contributed by atoms with van der Waals surface area (Å²) >= 11 is 10.4. The number of rotatable bonds is 4. The van der Waals surface area contributed by atoms with Gasteiger partial charge in [0, 0.05) is 63.6 Å². The number of aliphatic imine (C=N–C) groups is 1. The van der Waals surface area contributed by atoms with Crippen LogP contribution < -0.4 is 60.6 Å². The number of benzene rings is 2. The summed E-state index contributed by atoms with van der Waals surface area (Å²) in [5, 5.41) is 46.1. The molecule has 6 aromatic rings. The van der Waals surface area contributed by atoms with E-state index in [-0.39, 0.29) is 69.5 Å². The minimum absolute atomic E-state index is 0.0276. The van der Waals surface area contributed by atoms with Gasteiger partial charge in [-0.1, -0.05) is 59.6 Å². The van der Waals surface area contributed by atoms with Gasteiger partial charge in [0.2, 0.25) is 23.3 Å². The Balaban J connectivity index is 0.000000176. The number of aliphatic hydroxyl groups is 4. The van der Waals surface area contributed by atoms with Crippen LogP contribution in [0.4, 0.5) is 52.5 Å². The van der Waals surface area contributed by atoms with E-state index in [0.29, 0.717) is 39.0 Å². The highest BCUT2D eigenvalue weighted by Crippen LogP contribution is 2.24. The third-order valence-electron chi connectivity index (χ3n) is 12.1. The third-order valence-corrected chi connectivity index (χ3v) is 12.6. The van der Waals surface area contributed by atoms with Gasteiger partial charge in [0.1, 0.15) is 25.3 Å². The number of nitrogen functional groups attached to an aromatic ring is 4. The van der Waals surface area contributed by atoms with E-state index in [9.17, 15) is 32.9 Å². The van der Waals surface area contributed by atoms with Gasteiger partial charge in [0.15, 0.2) is 45.2 Å². The topological polar surface area (TPSA) is 409 Å². The van der Waals surface area contributed by atoms with E-state index < -0.39 is 47.6 Å². The van der Waals surface area contributed by atoms with Crippen molar-refractivity contribution in [2.24, 2.45) is 22.2 Å². The van der Waals surface area contributed by atoms with Crippen LogP contribution in [0.3, 0.4) is 0 Å². The van der Waals surface area contributed by atoms with Crippen molar-refractivity contribution in [3.63, 3.8) is 0 Å². The van der Waals surface area contributed by atoms with Crippen molar-refractivity contribution >= 4 is 75.1 Å². The number of nitrogens with one attached hydrogen (secondary N) is 2. The maximum absolute atomic E-state index is 13.6. The highest BCUT2D eigenvalue weighted by atomic mass is 35.5. The number of aromatic nitrogens is 8. The van der Waals surface area contributed by atoms with E-state index in [4.69, 9.17) is 68.4 Å². The van der Waals surface area contributed by atoms with Gasteiger partial charge in [-0.15, -0.1) is 0 Å². The van der Waals surface area contributed by atoms with Crippen LogP contribution in [0.2, 0.25) is 10.3 Å². The minimum Gasteiger partial charge on any atom is -0.391 e. The average Bonchev–Trinajstić information content (AvgIpc) is 3.42. The second-order valence-corrected chi connectivity index (χ2v) is 18.4. The molecule has 0 spiro atoms. The number of nitrogens with two attached hydrogens (primary N) is 7. The third kappa shape index (κ3) is 18.6. The van der Waals surface area contributed by atoms with Gasteiger partial charge in [0.25, 0.3) is 0 Å². The molecule has 8 heterocycles. The van der Waals surface area contributed by atoms with Crippen molar-refractivity contribution in [1.82, 2.24) is 50.5 Å². The lowest BCUT2D eigenvalue weighted by molar-refractivity contribution is 0.116. The van der Waals surface area contributed by atoms with Crippen LogP contribution in [-0.2, 0) is 0 Å². The Morgan fingerprint density at radius 3 is 1.38 bits per heavy atom. The monoisotopic (exact) mass is 1120 g/mol. The SMILES string of the molecule is N[C@H]1CNCC[C@@H]1O.Nc1ncnc(Cl)c1F.Nc1ncnc(Cl)c1F.Nc1ncnc(N2CC[C@H](O)[C@@H](N)C2)c1F.Nc1ncnc(N2CC[C@H](O)[C@@H](N)C2)c1F.O[C@H]1CCNC[C@@H]1N=Cc1ccc2ccccc2c1. The van der Waals surface area contributed by atoms with Gasteiger partial charge >= 0.3 is 0 Å². The second kappa shape index (κ2) is 30.4. The first-order chi connectivity index (χ1) is 36.7. The average molecular weight is 1120 g/mol. The van der Waals surface area contributed by atoms with E-state index in [1.807, 2.05) is 18.3 Å². The van der Waals surface area contributed by atoms with E-state index >= 15 is 0 Å². The van der Waals surface area contributed by atoms with Crippen molar-refractivity contribution in [1.29, 1.82) is 0 Å². The summed E-state index contributed by atoms with van der Waals surface area (Å²) in [6.07, 6.45) is 7.35. The van der Waals surface area contributed by atoms with Crippen molar-refractivity contribution < 1.29 is 38.0 Å². The highest BCUT2D eigenvalue weighted by Gasteiger charge is 2.29. The molecule has 0 unspecified atom stereocenters. The summed E-state index contributed by atoms with van der Waals surface area (Å²) < 4.78 is 51.9. The minimum atomic E-state index is -0.765. The maximum atomic E-state index is 13.6. The van der Waals surface area contributed by atoms with E-state index in [2.05, 4.69) is 85.8 Å². The van der Waals surface area contributed by atoms with E-state index in [0.717, 1.165) is 57.2 Å². The summed E-state index contributed by atoms with van der Waals surface area (Å²) in [6, 6.07) is 13.7. The first-order valence-corrected chi connectivity index (χ1v) is 24.8. The smallest absolute Gasteiger partial charge is 0.207 e. The van der Waals surface area contributed by atoms with Gasteiger partial charge in [0.05, 0.1) is 30.5 Å². The van der Waals surface area contributed by atoms with Crippen LogP contribution in [0.5, 0.6) is 0 Å². The molecular formula is C47H64Cl2F4N20O4. The van der Waals surface area contributed by atoms with Crippen LogP contribution in [0.25, 0.3) is 10.8 Å². The molecule has 0 bridgehead atoms. The summed E-state index contributed by atoms with van der Waals surface area (Å²) in [6.45, 7) is 5.00. The van der Waals surface area contributed by atoms with Crippen molar-refractivity contribution in [3.05, 3.63) is 107 Å². The number of fused-ring (bicyclic) bond motifs is 1. The maximum Gasteiger partial charge on any atom is 0.207 e. The first-order valence-electron chi connectivity index (χ1n) is 24.0. The van der Waals surface area contributed by atoms with Crippen molar-refractivity contribution in [3.8, 4) is 0 Å². The normalized spacial score (nSPS) is 23.0. The van der Waals surface area contributed by atoms with Gasteiger partial charge in [-0.25, -0.2) is 39.9 Å². The van der Waals surface area contributed by atoms with Gasteiger partial charge in [-0.2, -0.15) is 17.6 Å². The number of piperidine rings is 4. The van der Waals surface area contributed by atoms with Crippen molar-refractivity contribution in [2.75, 3.05) is 85.1 Å². The predicted molar refractivity (Wildman–Crippen MR) is 288 cm³/mol. The predicted octanol–water partition coefficient (Wildman–Crippen LogP) is 0.544. The van der Waals surface area contributed by atoms with Crippen LogP contribution in [0.1, 0.15) is 31.2 Å². The Morgan fingerprint density at radius 1 is 0.532 bits per heavy atom. The lowest BCUT2D eigenvalue weighted by Gasteiger charge is -2.34. The van der Waals surface area contributed by atoms with Gasteiger partial charge in [-0.3, -0.25) is 4.99 Å². The number of aliphatic hydroxyl groups excluding tert-OH is 4. The molecular weight excluding hydrogens is 1060 g/mol. The molecule has 10 rings (SSSR count). The molecule has 4 aliphatic rings. The molecule has 0 amide bonds. The zero-order valence-corrected chi connectivity index (χ0v) is 43.1. The molecule has 2 aromatic carbocycles. The standard InChI is InChI=1S/C16H18N2O.2C9H14FN5O.C5H12N2O.2C4H3ClFN3/c19-16-7-8-17-11-15(16)18-10-12-5-6-13-3-1-2-4-14(13)9-12;2*10-7-8(12)13-4-14-9(7)15-2-1-6(16)5(11)3-15;6-4-3-7-2-1-5(4)8;2*5-3-2(6)4(7)9-1-8-3/h1-6,9-10,15-17,19H,7-8,11H2;2*4-6,16H,1-3,11H2,(H2,12,13,14);4-5,7-8H,1-3,6H2;2*1H,(H2,7,8,9)/t15-,16-;2*5-,6-;4-,5-;;/m0000../s1. The molecule has 0 aliphatic carbocycles. The highest BCUT2D eigenvalue weighted by molar-refractivity contribution is 6.30. The van der Waals surface area contributed by atoms with E-state index in [1.54, 1.807) is 9.80 Å². The fraction of sp³-hybridized carbons (Fsp3) is 0.426. The molecule has 0 radical (unpaired) electrons. The number of hydrogen-bond donors (Lipinski definition) is 13. The molecule has 4 aromatic heterocycles. The van der Waals surface area contributed by atoms with Gasteiger partial charge < -0.3 is 81.0 Å². The summed E-state index contributed by atoms with van der Waals surface area (Å²) in [7, 11) is 0.